The molecule has 7 heteroatoms. The Kier molecular flexibility index (Phi) is 5.88. The molecule has 2 aromatic heterocycles. The molecule has 2 N–H and O–H groups in total. The fraction of sp³-hybridized carbons (Fsp3) is 0.481. The van der Waals surface area contributed by atoms with Crippen LogP contribution in [0.3, 0.4) is 0 Å². The van der Waals surface area contributed by atoms with E-state index in [1.807, 2.05) is 37.2 Å². The van der Waals surface area contributed by atoms with Crippen LogP contribution in [0.5, 0.6) is 0 Å². The van der Waals surface area contributed by atoms with Crippen molar-refractivity contribution in [2.45, 2.75) is 63.3 Å². The summed E-state index contributed by atoms with van der Waals surface area (Å²) >= 11 is 0. The fourth-order valence-electron chi connectivity index (χ4n) is 5.73. The second-order valence-electron chi connectivity index (χ2n) is 9.88. The molecule has 3 aromatic rings. The lowest BCUT2D eigenvalue weighted by atomic mass is 9.75. The predicted octanol–water partition coefficient (Wildman–Crippen LogP) is 5.12. The normalized spacial score (nSPS) is 17.5. The average molecular weight is 461 g/mol. The fourth-order valence-corrected chi connectivity index (χ4v) is 5.73. The molecule has 0 radical (unpaired) electrons. The van der Waals surface area contributed by atoms with Gasteiger partial charge >= 0.3 is 0 Å². The van der Waals surface area contributed by atoms with Crippen molar-refractivity contribution in [3.8, 4) is 11.4 Å². The summed E-state index contributed by atoms with van der Waals surface area (Å²) in [5.74, 6) is 0.896. The summed E-state index contributed by atoms with van der Waals surface area (Å²) in [6.07, 6.45) is 12.8. The van der Waals surface area contributed by atoms with Gasteiger partial charge in [-0.05, 0) is 62.6 Å². The Morgan fingerprint density at radius 1 is 1.26 bits per heavy atom. The second-order valence-corrected chi connectivity index (χ2v) is 9.88. The van der Waals surface area contributed by atoms with E-state index in [2.05, 4.69) is 33.0 Å². The van der Waals surface area contributed by atoms with E-state index in [0.29, 0.717) is 17.3 Å². The van der Waals surface area contributed by atoms with E-state index < -0.39 is 5.54 Å². The summed E-state index contributed by atoms with van der Waals surface area (Å²) in [5.41, 5.74) is 4.44. The lowest BCUT2D eigenvalue weighted by Gasteiger charge is -2.45. The third-order valence-electron chi connectivity index (χ3n) is 7.94. The first kappa shape index (κ1) is 22.6. The smallest absolute Gasteiger partial charge is 0.252 e. The molecule has 0 aliphatic heterocycles. The predicted molar refractivity (Wildman–Crippen MR) is 137 cm³/mol. The van der Waals surface area contributed by atoms with E-state index in [9.17, 15) is 4.79 Å². The maximum Gasteiger partial charge on any atom is 0.252 e. The van der Waals surface area contributed by atoms with Gasteiger partial charge in [0.05, 0.1) is 17.4 Å². The van der Waals surface area contributed by atoms with Gasteiger partial charge in [0.1, 0.15) is 11.5 Å². The number of benzene rings is 1. The first-order valence-electron chi connectivity index (χ1n) is 12.5. The number of nitrogens with zero attached hydrogens (tertiary/aromatic N) is 4. The minimum absolute atomic E-state index is 0. The number of hydrogen-bond donors (Lipinski definition) is 2. The lowest BCUT2D eigenvalue weighted by Crippen LogP contribution is -2.62. The molecule has 2 fully saturated rings. The largest absolute Gasteiger partial charge is 0.362 e. The van der Waals surface area contributed by atoms with E-state index in [1.54, 1.807) is 12.4 Å². The summed E-state index contributed by atoms with van der Waals surface area (Å²) < 4.78 is 2.18. The third-order valence-corrected chi connectivity index (χ3v) is 7.94. The molecule has 2 heterocycles. The number of aryl methyl sites for hydroxylation is 1. The van der Waals surface area contributed by atoms with Gasteiger partial charge in [-0.25, -0.2) is 0 Å². The number of carbonyl (C=O) groups excluding carboxylic acids is 1. The molecule has 0 unspecified atom stereocenters. The van der Waals surface area contributed by atoms with Crippen LogP contribution in [0.1, 0.15) is 75.1 Å². The number of carbonyl (C=O) groups is 1. The number of rotatable bonds is 6. The highest BCUT2D eigenvalue weighted by Crippen LogP contribution is 2.44. The van der Waals surface area contributed by atoms with Crippen LogP contribution < -0.4 is 5.32 Å². The van der Waals surface area contributed by atoms with Crippen molar-refractivity contribution in [1.82, 2.24) is 24.8 Å². The quantitative estimate of drug-likeness (QED) is 0.395. The molecule has 0 saturated heterocycles. The number of likely N-dealkylation sites (N-methyl/N-ethyl adjacent to an activating group) is 1. The first-order valence-corrected chi connectivity index (χ1v) is 12.5. The molecular weight excluding hydrogens is 424 g/mol. The highest BCUT2D eigenvalue weighted by molar-refractivity contribution is 6.03. The van der Waals surface area contributed by atoms with E-state index in [4.69, 9.17) is 5.41 Å². The summed E-state index contributed by atoms with van der Waals surface area (Å²) in [6, 6.07) is 6.05. The zero-order valence-electron chi connectivity index (χ0n) is 20.4. The second kappa shape index (κ2) is 8.85. The molecule has 0 atom stereocenters. The number of hydrogen-bond acceptors (Lipinski definition) is 4. The van der Waals surface area contributed by atoms with E-state index in [-0.39, 0.29) is 7.33 Å². The lowest BCUT2D eigenvalue weighted by molar-refractivity contribution is 0.0880. The van der Waals surface area contributed by atoms with Gasteiger partial charge in [-0.3, -0.25) is 20.2 Å². The van der Waals surface area contributed by atoms with Crippen LogP contribution in [0.4, 0.5) is 0 Å². The van der Waals surface area contributed by atoms with Gasteiger partial charge in [0, 0.05) is 50.9 Å². The van der Waals surface area contributed by atoms with Gasteiger partial charge in [0.25, 0.3) is 5.91 Å². The Balaban J connectivity index is 0.00000289. The average Bonchev–Trinajstić information content (AvgIpc) is 3.47. The summed E-state index contributed by atoms with van der Waals surface area (Å²) in [7, 11) is 3.98. The minimum atomic E-state index is -0.551. The maximum atomic E-state index is 13.4. The molecule has 1 aromatic carbocycles. The first-order chi connectivity index (χ1) is 16.4. The standard InChI is InChI=1S/C27H34N6O.H2/c1-4-32(2)26(28)27(12-7-13-27)31-25(34)19-10-11-20-22(16-19)33(3)24(21-17-29-14-15-30-21)23(20)18-8-5-6-9-18;/h10-11,14-18,28H,4-9,12-13H2,1-3H3,(H,31,34);1H. The van der Waals surface area contributed by atoms with E-state index in [1.165, 1.54) is 36.6 Å². The Morgan fingerprint density at radius 2 is 2.03 bits per heavy atom. The molecule has 0 spiro atoms. The van der Waals surface area contributed by atoms with Gasteiger partial charge < -0.3 is 14.8 Å². The van der Waals surface area contributed by atoms with E-state index >= 15 is 0 Å². The van der Waals surface area contributed by atoms with Crippen LogP contribution in [-0.2, 0) is 7.05 Å². The Morgan fingerprint density at radius 3 is 2.65 bits per heavy atom. The number of aromatic nitrogens is 3. The van der Waals surface area contributed by atoms with Crippen LogP contribution in [0.15, 0.2) is 36.8 Å². The van der Waals surface area contributed by atoms with Crippen molar-refractivity contribution >= 4 is 22.6 Å². The van der Waals surface area contributed by atoms with Gasteiger partial charge in [-0.1, -0.05) is 18.9 Å². The zero-order chi connectivity index (χ0) is 23.9. The van der Waals surface area contributed by atoms with Crippen molar-refractivity contribution < 1.29 is 6.22 Å². The van der Waals surface area contributed by atoms with Gasteiger partial charge in [-0.15, -0.1) is 0 Å². The SMILES string of the molecule is CCN(C)C(=N)C1(NC(=O)c2ccc3c(C4CCCC4)c(-c4cnccn4)n(C)c3c2)CCC1.[HH]. The van der Waals surface area contributed by atoms with Gasteiger partial charge in [0.2, 0.25) is 0 Å². The number of nitrogens with one attached hydrogen (secondary N) is 2. The molecule has 180 valence electrons. The molecular formula is C27H36N6O. The molecule has 2 saturated carbocycles. The highest BCUT2D eigenvalue weighted by Gasteiger charge is 2.44. The van der Waals surface area contributed by atoms with Crippen molar-refractivity contribution in [2.24, 2.45) is 7.05 Å². The van der Waals surface area contributed by atoms with E-state index in [0.717, 1.165) is 42.7 Å². The highest BCUT2D eigenvalue weighted by atomic mass is 16.1. The van der Waals surface area contributed by atoms with Crippen LogP contribution in [-0.4, -0.2) is 50.3 Å². The topological polar surface area (TPSA) is 86.9 Å². The van der Waals surface area contributed by atoms with Crippen molar-refractivity contribution in [3.63, 3.8) is 0 Å². The molecule has 2 aliphatic rings. The van der Waals surface area contributed by atoms with Crippen molar-refractivity contribution in [3.05, 3.63) is 47.9 Å². The molecule has 5 rings (SSSR count). The molecule has 2 aliphatic carbocycles. The van der Waals surface area contributed by atoms with Crippen LogP contribution >= 0.6 is 0 Å². The van der Waals surface area contributed by atoms with Gasteiger partial charge in [-0.2, -0.15) is 0 Å². The Labute approximate surface area is 202 Å². The number of amidine groups is 1. The minimum Gasteiger partial charge on any atom is -0.362 e. The maximum absolute atomic E-state index is 13.4. The third kappa shape index (κ3) is 3.67. The molecule has 7 nitrogen and oxygen atoms in total. The van der Waals surface area contributed by atoms with Crippen LogP contribution in [0, 0.1) is 5.41 Å². The van der Waals surface area contributed by atoms with Gasteiger partial charge in [0.15, 0.2) is 0 Å². The van der Waals surface area contributed by atoms with Crippen LogP contribution in [0.25, 0.3) is 22.3 Å². The Hall–Kier alpha value is -3.22. The summed E-state index contributed by atoms with van der Waals surface area (Å²) in [5, 5.41) is 13.1. The number of fused-ring (bicyclic) bond motifs is 1. The van der Waals surface area contributed by atoms with Crippen molar-refractivity contribution in [1.29, 1.82) is 5.41 Å². The zero-order valence-corrected chi connectivity index (χ0v) is 20.4. The summed E-state index contributed by atoms with van der Waals surface area (Å²) in [6.45, 7) is 2.78. The Bertz CT molecular complexity index is 1230. The monoisotopic (exact) mass is 460 g/mol. The molecule has 1 amide bonds. The summed E-state index contributed by atoms with van der Waals surface area (Å²) in [4.78, 5) is 24.2. The van der Waals surface area contributed by atoms with Crippen LogP contribution in [0.2, 0.25) is 0 Å². The molecule has 34 heavy (non-hydrogen) atoms. The molecule has 0 bridgehead atoms. The van der Waals surface area contributed by atoms with Crippen molar-refractivity contribution in [2.75, 3.05) is 13.6 Å². The number of amides is 1.